The SMILES string of the molecule is Cc1ccc(-c2nc(CCNc3ccccc3)no2)cc1C. The molecule has 0 saturated heterocycles. The Bertz CT molecular complexity index is 750. The van der Waals surface area contributed by atoms with Gasteiger partial charge >= 0.3 is 0 Å². The van der Waals surface area contributed by atoms with Crippen LogP contribution >= 0.6 is 0 Å². The molecule has 112 valence electrons. The van der Waals surface area contributed by atoms with Crippen LogP contribution in [-0.4, -0.2) is 16.7 Å². The van der Waals surface area contributed by atoms with Crippen LogP contribution in [0.4, 0.5) is 5.69 Å². The zero-order valence-corrected chi connectivity index (χ0v) is 12.8. The first-order chi connectivity index (χ1) is 10.7. The third-order valence-corrected chi connectivity index (χ3v) is 3.67. The molecular formula is C18H19N3O. The first-order valence-electron chi connectivity index (χ1n) is 7.41. The van der Waals surface area contributed by atoms with Crippen LogP contribution in [0.3, 0.4) is 0 Å². The van der Waals surface area contributed by atoms with Crippen LogP contribution in [0.2, 0.25) is 0 Å². The molecule has 0 aliphatic carbocycles. The highest BCUT2D eigenvalue weighted by molar-refractivity contribution is 5.55. The van der Waals surface area contributed by atoms with E-state index in [1.165, 1.54) is 11.1 Å². The summed E-state index contributed by atoms with van der Waals surface area (Å²) in [5.41, 5.74) is 4.55. The van der Waals surface area contributed by atoms with Crippen molar-refractivity contribution in [1.82, 2.24) is 10.1 Å². The van der Waals surface area contributed by atoms with Crippen molar-refractivity contribution in [3.63, 3.8) is 0 Å². The smallest absolute Gasteiger partial charge is 0.257 e. The minimum atomic E-state index is 0.581. The van der Waals surface area contributed by atoms with Crippen molar-refractivity contribution in [2.24, 2.45) is 0 Å². The summed E-state index contributed by atoms with van der Waals surface area (Å²) in [6.45, 7) is 4.95. The van der Waals surface area contributed by atoms with Crippen LogP contribution in [0.15, 0.2) is 53.1 Å². The molecule has 0 amide bonds. The van der Waals surface area contributed by atoms with Gasteiger partial charge in [-0.25, -0.2) is 0 Å². The molecule has 2 aromatic carbocycles. The molecule has 0 saturated carbocycles. The predicted octanol–water partition coefficient (Wildman–Crippen LogP) is 4.01. The van der Waals surface area contributed by atoms with E-state index in [4.69, 9.17) is 4.52 Å². The van der Waals surface area contributed by atoms with Gasteiger partial charge in [0.25, 0.3) is 5.89 Å². The second kappa shape index (κ2) is 6.43. The molecule has 4 heteroatoms. The second-order valence-electron chi connectivity index (χ2n) is 5.36. The number of hydrogen-bond donors (Lipinski definition) is 1. The quantitative estimate of drug-likeness (QED) is 0.772. The van der Waals surface area contributed by atoms with Gasteiger partial charge in [-0.15, -0.1) is 0 Å². The summed E-state index contributed by atoms with van der Waals surface area (Å²) in [6, 6.07) is 16.3. The molecule has 22 heavy (non-hydrogen) atoms. The molecule has 0 bridgehead atoms. The Balaban J connectivity index is 1.62. The Morgan fingerprint density at radius 3 is 2.59 bits per heavy atom. The van der Waals surface area contributed by atoms with Gasteiger partial charge in [-0.1, -0.05) is 29.4 Å². The largest absolute Gasteiger partial charge is 0.385 e. The number of nitrogens with zero attached hydrogens (tertiary/aromatic N) is 2. The van der Waals surface area contributed by atoms with Crippen molar-refractivity contribution in [3.8, 4) is 11.5 Å². The molecule has 0 aliphatic heterocycles. The fourth-order valence-corrected chi connectivity index (χ4v) is 2.22. The molecular weight excluding hydrogens is 274 g/mol. The van der Waals surface area contributed by atoms with E-state index in [2.05, 4.69) is 41.4 Å². The standard InChI is InChI=1S/C18H19N3O/c1-13-8-9-15(12-14(13)2)18-20-17(21-22-18)10-11-19-16-6-4-3-5-7-16/h3-9,12,19H,10-11H2,1-2H3. The maximum absolute atomic E-state index is 5.36. The number of aromatic nitrogens is 2. The highest BCUT2D eigenvalue weighted by Gasteiger charge is 2.09. The summed E-state index contributed by atoms with van der Waals surface area (Å²) in [5.74, 6) is 1.30. The average Bonchev–Trinajstić information content (AvgIpc) is 3.00. The maximum Gasteiger partial charge on any atom is 0.257 e. The van der Waals surface area contributed by atoms with E-state index < -0.39 is 0 Å². The van der Waals surface area contributed by atoms with Gasteiger partial charge in [0.05, 0.1) is 0 Å². The monoisotopic (exact) mass is 293 g/mol. The highest BCUT2D eigenvalue weighted by atomic mass is 16.5. The summed E-state index contributed by atoms with van der Waals surface area (Å²) in [5, 5.41) is 7.39. The molecule has 1 aromatic heterocycles. The number of anilines is 1. The lowest BCUT2D eigenvalue weighted by atomic mass is 10.1. The lowest BCUT2D eigenvalue weighted by molar-refractivity contribution is 0.423. The fraction of sp³-hybridized carbons (Fsp3) is 0.222. The molecule has 3 aromatic rings. The van der Waals surface area contributed by atoms with E-state index in [9.17, 15) is 0 Å². The van der Waals surface area contributed by atoms with Gasteiger partial charge < -0.3 is 9.84 Å². The highest BCUT2D eigenvalue weighted by Crippen LogP contribution is 2.20. The van der Waals surface area contributed by atoms with E-state index in [0.29, 0.717) is 5.89 Å². The second-order valence-corrected chi connectivity index (χ2v) is 5.36. The van der Waals surface area contributed by atoms with Gasteiger partial charge in [0.1, 0.15) is 0 Å². The number of rotatable bonds is 5. The average molecular weight is 293 g/mol. The van der Waals surface area contributed by atoms with Crippen molar-refractivity contribution in [2.45, 2.75) is 20.3 Å². The summed E-state index contributed by atoms with van der Waals surface area (Å²) < 4.78 is 5.36. The minimum Gasteiger partial charge on any atom is -0.385 e. The Morgan fingerprint density at radius 2 is 1.82 bits per heavy atom. The van der Waals surface area contributed by atoms with Crippen LogP contribution in [-0.2, 0) is 6.42 Å². The molecule has 3 rings (SSSR count). The van der Waals surface area contributed by atoms with Crippen molar-refractivity contribution >= 4 is 5.69 Å². The molecule has 4 nitrogen and oxygen atoms in total. The zero-order chi connectivity index (χ0) is 15.4. The summed E-state index contributed by atoms with van der Waals surface area (Å²) in [7, 11) is 0. The van der Waals surface area contributed by atoms with Gasteiger partial charge in [-0.2, -0.15) is 4.98 Å². The molecule has 0 spiro atoms. The van der Waals surface area contributed by atoms with E-state index in [-0.39, 0.29) is 0 Å². The van der Waals surface area contributed by atoms with Crippen molar-refractivity contribution < 1.29 is 4.52 Å². The first-order valence-corrected chi connectivity index (χ1v) is 7.41. The lowest BCUT2D eigenvalue weighted by Gasteiger charge is -2.03. The van der Waals surface area contributed by atoms with Crippen molar-refractivity contribution in [1.29, 1.82) is 0 Å². The normalized spacial score (nSPS) is 10.6. The van der Waals surface area contributed by atoms with Gasteiger partial charge in [0, 0.05) is 24.2 Å². The van der Waals surface area contributed by atoms with Crippen molar-refractivity contribution in [3.05, 3.63) is 65.5 Å². The summed E-state index contributed by atoms with van der Waals surface area (Å²) in [6.07, 6.45) is 0.725. The van der Waals surface area contributed by atoms with Gasteiger partial charge in [0.2, 0.25) is 0 Å². The summed E-state index contributed by atoms with van der Waals surface area (Å²) in [4.78, 5) is 4.46. The van der Waals surface area contributed by atoms with E-state index in [1.807, 2.05) is 36.4 Å². The molecule has 1 heterocycles. The fourth-order valence-electron chi connectivity index (χ4n) is 2.22. The Kier molecular flexibility index (Phi) is 4.19. The van der Waals surface area contributed by atoms with Gasteiger partial charge in [-0.05, 0) is 49.2 Å². The maximum atomic E-state index is 5.36. The molecule has 0 fully saturated rings. The van der Waals surface area contributed by atoms with E-state index in [1.54, 1.807) is 0 Å². The van der Waals surface area contributed by atoms with E-state index in [0.717, 1.165) is 30.0 Å². The van der Waals surface area contributed by atoms with Crippen LogP contribution in [0.1, 0.15) is 17.0 Å². The Hall–Kier alpha value is -2.62. The molecule has 0 aliphatic rings. The number of hydrogen-bond acceptors (Lipinski definition) is 4. The summed E-state index contributed by atoms with van der Waals surface area (Å²) >= 11 is 0. The zero-order valence-electron chi connectivity index (χ0n) is 12.8. The molecule has 0 atom stereocenters. The lowest BCUT2D eigenvalue weighted by Crippen LogP contribution is -2.05. The minimum absolute atomic E-state index is 0.581. The third kappa shape index (κ3) is 3.34. The molecule has 0 radical (unpaired) electrons. The van der Waals surface area contributed by atoms with Crippen LogP contribution in [0.25, 0.3) is 11.5 Å². The molecule has 1 N–H and O–H groups in total. The third-order valence-electron chi connectivity index (χ3n) is 3.67. The van der Waals surface area contributed by atoms with E-state index >= 15 is 0 Å². The van der Waals surface area contributed by atoms with Crippen LogP contribution in [0, 0.1) is 13.8 Å². The topological polar surface area (TPSA) is 51.0 Å². The molecule has 0 unspecified atom stereocenters. The first kappa shape index (κ1) is 14.3. The predicted molar refractivity (Wildman–Crippen MR) is 87.8 cm³/mol. The Morgan fingerprint density at radius 1 is 1.00 bits per heavy atom. The van der Waals surface area contributed by atoms with Crippen LogP contribution < -0.4 is 5.32 Å². The number of benzene rings is 2. The van der Waals surface area contributed by atoms with Crippen LogP contribution in [0.5, 0.6) is 0 Å². The van der Waals surface area contributed by atoms with Crippen molar-refractivity contribution in [2.75, 3.05) is 11.9 Å². The number of nitrogens with one attached hydrogen (secondary N) is 1. The van der Waals surface area contributed by atoms with Gasteiger partial charge in [-0.3, -0.25) is 0 Å². The Labute approximate surface area is 130 Å². The number of para-hydroxylation sites is 1. The number of aryl methyl sites for hydroxylation is 2. The van der Waals surface area contributed by atoms with Gasteiger partial charge in [0.15, 0.2) is 5.82 Å².